The summed E-state index contributed by atoms with van der Waals surface area (Å²) in [4.78, 5) is 11.5. The van der Waals surface area contributed by atoms with Crippen molar-refractivity contribution in [2.24, 2.45) is 0 Å². The summed E-state index contributed by atoms with van der Waals surface area (Å²) in [6.45, 7) is 0.549. The zero-order chi connectivity index (χ0) is 12.1. The van der Waals surface area contributed by atoms with Gasteiger partial charge in [0.1, 0.15) is 0 Å². The van der Waals surface area contributed by atoms with E-state index in [1.54, 1.807) is 0 Å². The molecule has 0 spiro atoms. The highest BCUT2D eigenvalue weighted by Crippen LogP contribution is 2.09. The number of amides is 1. The zero-order valence-corrected chi connectivity index (χ0v) is 9.74. The zero-order valence-electron chi connectivity index (χ0n) is 8.98. The number of H-pyrrole nitrogens is 1. The summed E-state index contributed by atoms with van der Waals surface area (Å²) >= 11 is 5.78. The van der Waals surface area contributed by atoms with Gasteiger partial charge in [0, 0.05) is 11.6 Å². The molecule has 0 fully saturated rings. The maximum atomic E-state index is 11.5. The monoisotopic (exact) mass is 250 g/mol. The Morgan fingerprint density at radius 1 is 1.35 bits per heavy atom. The van der Waals surface area contributed by atoms with Crippen molar-refractivity contribution in [1.29, 1.82) is 0 Å². The molecular weight excluding hydrogens is 240 g/mol. The minimum atomic E-state index is -0.229. The molecule has 0 radical (unpaired) electrons. The Balaban J connectivity index is 1.80. The van der Waals surface area contributed by atoms with Gasteiger partial charge in [-0.25, -0.2) is 0 Å². The van der Waals surface area contributed by atoms with Crippen LogP contribution in [0.3, 0.4) is 0 Å². The first-order chi connectivity index (χ1) is 8.25. The number of nitrogens with zero attached hydrogens (tertiary/aromatic N) is 2. The van der Waals surface area contributed by atoms with Gasteiger partial charge < -0.3 is 5.32 Å². The van der Waals surface area contributed by atoms with Gasteiger partial charge >= 0.3 is 0 Å². The van der Waals surface area contributed by atoms with Crippen LogP contribution in [-0.2, 0) is 6.42 Å². The minimum Gasteiger partial charge on any atom is -0.350 e. The molecule has 0 bridgehead atoms. The average Bonchev–Trinajstić information content (AvgIpc) is 2.85. The SMILES string of the molecule is O=C(NCCc1ccc(Cl)cc1)c1cn[nH]n1. The van der Waals surface area contributed by atoms with E-state index in [1.165, 1.54) is 6.20 Å². The lowest BCUT2D eigenvalue weighted by Crippen LogP contribution is -2.26. The number of carbonyl (C=O) groups excluding carboxylic acids is 1. The van der Waals surface area contributed by atoms with Gasteiger partial charge in [0.05, 0.1) is 6.20 Å². The molecule has 0 saturated carbocycles. The molecule has 0 aliphatic heterocycles. The molecule has 88 valence electrons. The third kappa shape index (κ3) is 3.29. The molecule has 2 rings (SSSR count). The molecule has 2 N–H and O–H groups in total. The van der Waals surface area contributed by atoms with E-state index in [0.717, 1.165) is 12.0 Å². The van der Waals surface area contributed by atoms with Crippen LogP contribution in [0.2, 0.25) is 5.02 Å². The second kappa shape index (κ2) is 5.45. The molecule has 17 heavy (non-hydrogen) atoms. The average molecular weight is 251 g/mol. The van der Waals surface area contributed by atoms with Crippen LogP contribution < -0.4 is 5.32 Å². The summed E-state index contributed by atoms with van der Waals surface area (Å²) in [7, 11) is 0. The summed E-state index contributed by atoms with van der Waals surface area (Å²) in [5.41, 5.74) is 1.41. The number of rotatable bonds is 4. The Labute approximate surface area is 103 Å². The predicted molar refractivity (Wildman–Crippen MR) is 63.9 cm³/mol. The van der Waals surface area contributed by atoms with Crippen LogP contribution in [0.25, 0.3) is 0 Å². The van der Waals surface area contributed by atoms with E-state index < -0.39 is 0 Å². The van der Waals surface area contributed by atoms with Crippen LogP contribution in [-0.4, -0.2) is 27.9 Å². The number of aromatic nitrogens is 3. The van der Waals surface area contributed by atoms with Crippen molar-refractivity contribution in [3.05, 3.63) is 46.7 Å². The molecule has 0 aliphatic carbocycles. The Morgan fingerprint density at radius 2 is 2.12 bits per heavy atom. The smallest absolute Gasteiger partial charge is 0.273 e. The number of nitrogens with one attached hydrogen (secondary N) is 2. The molecule has 1 amide bonds. The first kappa shape index (κ1) is 11.6. The second-order valence-corrected chi connectivity index (χ2v) is 3.92. The number of halogens is 1. The van der Waals surface area contributed by atoms with Crippen molar-refractivity contribution < 1.29 is 4.79 Å². The maximum Gasteiger partial charge on any atom is 0.273 e. The summed E-state index contributed by atoms with van der Waals surface area (Å²) in [5, 5.41) is 13.1. The molecule has 1 heterocycles. The first-order valence-electron chi connectivity index (χ1n) is 5.14. The summed E-state index contributed by atoms with van der Waals surface area (Å²) in [6.07, 6.45) is 2.14. The van der Waals surface area contributed by atoms with E-state index in [1.807, 2.05) is 24.3 Å². The molecule has 2 aromatic rings. The van der Waals surface area contributed by atoms with Crippen LogP contribution in [0.15, 0.2) is 30.5 Å². The fourth-order valence-electron chi connectivity index (χ4n) is 1.37. The van der Waals surface area contributed by atoms with E-state index in [-0.39, 0.29) is 5.91 Å². The maximum absolute atomic E-state index is 11.5. The molecule has 0 unspecified atom stereocenters. The Kier molecular flexibility index (Phi) is 3.72. The third-order valence-corrected chi connectivity index (χ3v) is 2.51. The van der Waals surface area contributed by atoms with Gasteiger partial charge in [-0.1, -0.05) is 23.7 Å². The standard InChI is InChI=1S/C11H11ClN4O/c12-9-3-1-8(2-4-9)5-6-13-11(17)10-7-14-16-15-10/h1-4,7H,5-6H2,(H,13,17)(H,14,15,16). The predicted octanol–water partition coefficient (Wildman–Crippen LogP) is 1.43. The Morgan fingerprint density at radius 3 is 2.76 bits per heavy atom. The fraction of sp³-hybridized carbons (Fsp3) is 0.182. The molecule has 0 saturated heterocycles. The number of hydrogen-bond acceptors (Lipinski definition) is 3. The van der Waals surface area contributed by atoms with Crippen LogP contribution in [0.4, 0.5) is 0 Å². The number of benzene rings is 1. The van der Waals surface area contributed by atoms with Gasteiger partial charge in [-0.05, 0) is 24.1 Å². The minimum absolute atomic E-state index is 0.229. The quantitative estimate of drug-likeness (QED) is 0.862. The summed E-state index contributed by atoms with van der Waals surface area (Å²) in [6, 6.07) is 7.53. The number of aromatic amines is 1. The third-order valence-electron chi connectivity index (χ3n) is 2.26. The lowest BCUT2D eigenvalue weighted by atomic mass is 10.1. The van der Waals surface area contributed by atoms with Crippen LogP contribution in [0.1, 0.15) is 16.1 Å². The van der Waals surface area contributed by atoms with Crippen LogP contribution in [0.5, 0.6) is 0 Å². The lowest BCUT2D eigenvalue weighted by molar-refractivity contribution is 0.0949. The van der Waals surface area contributed by atoms with E-state index in [4.69, 9.17) is 11.6 Å². The van der Waals surface area contributed by atoms with Crippen LogP contribution in [0, 0.1) is 0 Å². The number of hydrogen-bond donors (Lipinski definition) is 2. The molecule has 5 nitrogen and oxygen atoms in total. The van der Waals surface area contributed by atoms with Crippen molar-refractivity contribution in [1.82, 2.24) is 20.7 Å². The van der Waals surface area contributed by atoms with Crippen molar-refractivity contribution in [2.45, 2.75) is 6.42 Å². The topological polar surface area (TPSA) is 70.7 Å². The van der Waals surface area contributed by atoms with Gasteiger partial charge in [-0.3, -0.25) is 4.79 Å². The van der Waals surface area contributed by atoms with E-state index in [0.29, 0.717) is 17.3 Å². The molecule has 0 aliphatic rings. The van der Waals surface area contributed by atoms with E-state index in [2.05, 4.69) is 20.7 Å². The van der Waals surface area contributed by atoms with Crippen LogP contribution >= 0.6 is 11.6 Å². The molecule has 1 aromatic heterocycles. The molecule has 1 aromatic carbocycles. The van der Waals surface area contributed by atoms with E-state index >= 15 is 0 Å². The van der Waals surface area contributed by atoms with Gasteiger partial charge in [-0.15, -0.1) is 0 Å². The second-order valence-electron chi connectivity index (χ2n) is 3.49. The highest BCUT2D eigenvalue weighted by atomic mass is 35.5. The van der Waals surface area contributed by atoms with Crippen molar-refractivity contribution in [3.63, 3.8) is 0 Å². The Hall–Kier alpha value is -1.88. The van der Waals surface area contributed by atoms with Gasteiger partial charge in [0.2, 0.25) is 0 Å². The molecule has 0 atom stereocenters. The summed E-state index contributed by atoms with van der Waals surface area (Å²) < 4.78 is 0. The van der Waals surface area contributed by atoms with Gasteiger partial charge in [-0.2, -0.15) is 15.4 Å². The summed E-state index contributed by atoms with van der Waals surface area (Å²) in [5.74, 6) is -0.229. The molecule has 6 heteroatoms. The van der Waals surface area contributed by atoms with Gasteiger partial charge in [0.15, 0.2) is 5.69 Å². The highest BCUT2D eigenvalue weighted by Gasteiger charge is 2.06. The first-order valence-corrected chi connectivity index (χ1v) is 5.52. The highest BCUT2D eigenvalue weighted by molar-refractivity contribution is 6.30. The fourth-order valence-corrected chi connectivity index (χ4v) is 1.50. The van der Waals surface area contributed by atoms with Crippen molar-refractivity contribution in [3.8, 4) is 0 Å². The number of carbonyl (C=O) groups is 1. The largest absolute Gasteiger partial charge is 0.350 e. The van der Waals surface area contributed by atoms with Gasteiger partial charge in [0.25, 0.3) is 5.91 Å². The van der Waals surface area contributed by atoms with Crippen molar-refractivity contribution >= 4 is 17.5 Å². The van der Waals surface area contributed by atoms with E-state index in [9.17, 15) is 4.79 Å². The van der Waals surface area contributed by atoms with Crippen molar-refractivity contribution in [2.75, 3.05) is 6.54 Å². The normalized spacial score (nSPS) is 10.2. The lowest BCUT2D eigenvalue weighted by Gasteiger charge is -2.03. The molecular formula is C11H11ClN4O. The Bertz CT molecular complexity index is 481.